The second kappa shape index (κ2) is 32.0. The quantitative estimate of drug-likeness (QED) is 0.0599. The summed E-state index contributed by atoms with van der Waals surface area (Å²) in [6, 6.07) is -4.39. The van der Waals surface area contributed by atoms with Crippen LogP contribution in [0.5, 0.6) is 0 Å². The average molecular weight is 678 g/mol. The minimum absolute atomic E-state index is 0.0423. The fourth-order valence-corrected chi connectivity index (χ4v) is 4.04. The molecule has 0 aromatic rings. The number of carboxylic acid groups (broad SMARTS) is 4. The lowest BCUT2D eigenvalue weighted by molar-refractivity contribution is -0.141. The molecule has 0 radical (unpaired) electrons. The highest BCUT2D eigenvalue weighted by Gasteiger charge is 2.24. The molecule has 0 heterocycles. The molecule has 16 nitrogen and oxygen atoms in total. The monoisotopic (exact) mass is 677 g/mol. The van der Waals surface area contributed by atoms with Crippen LogP contribution in [0.3, 0.4) is 0 Å². The van der Waals surface area contributed by atoms with Crippen LogP contribution in [0.25, 0.3) is 0 Å². The van der Waals surface area contributed by atoms with Crippen LogP contribution in [0, 0.1) is 0 Å². The molecule has 0 saturated carbocycles. The second-order valence-corrected chi connectivity index (χ2v) is 10.1. The van der Waals surface area contributed by atoms with E-state index in [-0.39, 0.29) is 24.7 Å². The molecule has 47 heavy (non-hydrogen) atoms. The number of carbonyl (C=O) groups excluding carboxylic acids is 3. The van der Waals surface area contributed by atoms with Gasteiger partial charge in [-0.05, 0) is 64.8 Å². The van der Waals surface area contributed by atoms with Gasteiger partial charge in [-0.3, -0.25) is 19.2 Å². The summed E-state index contributed by atoms with van der Waals surface area (Å²) in [4.78, 5) is 80.1. The summed E-state index contributed by atoms with van der Waals surface area (Å²) in [6.45, 7) is 8.82. The Hall–Kier alpha value is -3.95. The molecule has 9 N–H and O–H groups in total. The number of aliphatic carboxylic acids is 4. The van der Waals surface area contributed by atoms with Gasteiger partial charge < -0.3 is 47.0 Å². The van der Waals surface area contributed by atoms with Crippen LogP contribution >= 0.6 is 0 Å². The van der Waals surface area contributed by atoms with Gasteiger partial charge >= 0.3 is 29.9 Å². The molecule has 0 aromatic heterocycles. The predicted molar refractivity (Wildman–Crippen MR) is 176 cm³/mol. The molecule has 274 valence electrons. The zero-order valence-corrected chi connectivity index (χ0v) is 28.7. The minimum atomic E-state index is -1.48. The number of unbranched alkanes of at least 4 members (excludes halogenated alkanes) is 5. The van der Waals surface area contributed by atoms with Crippen molar-refractivity contribution in [3.8, 4) is 0 Å². The minimum Gasteiger partial charge on any atom is -0.481 e. The molecule has 0 aliphatic heterocycles. The number of amides is 4. The molecule has 0 rings (SSSR count). The molecule has 16 heteroatoms. The number of rotatable bonds is 26. The molecule has 0 bridgehead atoms. The second-order valence-electron chi connectivity index (χ2n) is 10.1. The zero-order chi connectivity index (χ0) is 36.6. The van der Waals surface area contributed by atoms with Gasteiger partial charge in [0.2, 0.25) is 11.8 Å². The first-order chi connectivity index (χ1) is 22.4. The molecule has 4 amide bonds. The van der Waals surface area contributed by atoms with E-state index in [4.69, 9.17) is 15.3 Å². The molecule has 0 spiro atoms. The molecule has 0 saturated heterocycles. The zero-order valence-electron chi connectivity index (χ0n) is 28.7. The Bertz CT molecular complexity index is 918. The van der Waals surface area contributed by atoms with Crippen LogP contribution in [0.2, 0.25) is 0 Å². The van der Waals surface area contributed by atoms with Gasteiger partial charge in [-0.25, -0.2) is 14.4 Å². The van der Waals surface area contributed by atoms with Crippen LogP contribution in [-0.2, 0) is 28.8 Å². The van der Waals surface area contributed by atoms with Crippen molar-refractivity contribution in [2.75, 3.05) is 20.1 Å². The Balaban J connectivity index is -0.00000464. The van der Waals surface area contributed by atoms with E-state index in [1.165, 1.54) is 0 Å². The molecule has 3 atom stereocenters. The van der Waals surface area contributed by atoms with Gasteiger partial charge in [-0.15, -0.1) is 0 Å². The number of hydrogen-bond acceptors (Lipinski definition) is 8. The fourth-order valence-electron chi connectivity index (χ4n) is 4.04. The van der Waals surface area contributed by atoms with E-state index >= 15 is 0 Å². The Labute approximate surface area is 278 Å². The SMILES string of the molecule is CC.CC.CNC(CCCCNC(=O)CCCCCCC(=O)NCCCCC(NC(=O)NC(CCC(=O)O)C(=O)O)C(=O)O)C(=O)O. The molecule has 3 unspecified atom stereocenters. The van der Waals surface area contributed by atoms with Crippen LogP contribution in [-0.4, -0.2) is 100 Å². The molecule has 0 aliphatic carbocycles. The van der Waals surface area contributed by atoms with Crippen molar-refractivity contribution in [3.05, 3.63) is 0 Å². The Morgan fingerprint density at radius 2 is 0.872 bits per heavy atom. The van der Waals surface area contributed by atoms with Crippen LogP contribution in [0.1, 0.15) is 118 Å². The summed E-state index contributed by atoms with van der Waals surface area (Å²) in [5.74, 6) is -5.07. The fraction of sp³-hybridized carbons (Fsp3) is 0.774. The molecule has 0 fully saturated rings. The third-order valence-electron chi connectivity index (χ3n) is 6.54. The van der Waals surface area contributed by atoms with Gasteiger partial charge in [0.05, 0.1) is 0 Å². The smallest absolute Gasteiger partial charge is 0.326 e. The van der Waals surface area contributed by atoms with Crippen molar-refractivity contribution in [3.63, 3.8) is 0 Å². The van der Waals surface area contributed by atoms with Crippen molar-refractivity contribution in [1.29, 1.82) is 0 Å². The summed E-state index contributed by atoms with van der Waals surface area (Å²) >= 11 is 0. The maximum atomic E-state index is 12.0. The number of carboxylic acids is 4. The summed E-state index contributed by atoms with van der Waals surface area (Å²) < 4.78 is 0. The first-order valence-electron chi connectivity index (χ1n) is 16.5. The summed E-state index contributed by atoms with van der Waals surface area (Å²) in [6.07, 6.45) is 5.56. The summed E-state index contributed by atoms with van der Waals surface area (Å²) in [7, 11) is 1.60. The highest BCUT2D eigenvalue weighted by atomic mass is 16.4. The van der Waals surface area contributed by atoms with Crippen molar-refractivity contribution in [2.45, 2.75) is 136 Å². The van der Waals surface area contributed by atoms with E-state index in [9.17, 15) is 38.7 Å². The van der Waals surface area contributed by atoms with Crippen molar-refractivity contribution in [1.82, 2.24) is 26.6 Å². The third kappa shape index (κ3) is 29.2. The van der Waals surface area contributed by atoms with Gasteiger partial charge in [0.15, 0.2) is 0 Å². The van der Waals surface area contributed by atoms with E-state index < -0.39 is 54.5 Å². The Kier molecular flexibility index (Phi) is 32.3. The maximum absolute atomic E-state index is 12.0. The molecule has 0 aliphatic rings. The lowest BCUT2D eigenvalue weighted by atomic mass is 10.1. The number of carbonyl (C=O) groups is 7. The highest BCUT2D eigenvalue weighted by molar-refractivity contribution is 5.86. The summed E-state index contributed by atoms with van der Waals surface area (Å²) in [5.41, 5.74) is 0. The van der Waals surface area contributed by atoms with E-state index in [0.29, 0.717) is 70.9 Å². The van der Waals surface area contributed by atoms with Crippen molar-refractivity contribution >= 4 is 41.7 Å². The standard InChI is InChI=1S/C27H47N5O11.2C2H6/c1-28-18(24(37)38)10-6-8-16-29-21(33)12-4-2-3-5-13-22(34)30-17-9-7-11-19(25(39)40)31-27(43)32-20(26(41)42)14-15-23(35)36;2*1-2/h18-20,28H,2-17H2,1H3,(H,29,33)(H,30,34)(H,35,36)(H,37,38)(H,39,40)(H,41,42)(H2,31,32,43);2*1-2H3. The number of urea groups is 1. The van der Waals surface area contributed by atoms with Crippen LogP contribution in [0.15, 0.2) is 0 Å². The van der Waals surface area contributed by atoms with Gasteiger partial charge in [0, 0.05) is 32.4 Å². The lowest BCUT2D eigenvalue weighted by Gasteiger charge is -2.18. The van der Waals surface area contributed by atoms with Crippen molar-refractivity contribution in [2.24, 2.45) is 0 Å². The van der Waals surface area contributed by atoms with E-state index in [1.54, 1.807) is 7.05 Å². The largest absolute Gasteiger partial charge is 0.481 e. The Morgan fingerprint density at radius 1 is 0.489 bits per heavy atom. The van der Waals surface area contributed by atoms with E-state index in [0.717, 1.165) is 12.8 Å². The van der Waals surface area contributed by atoms with E-state index in [1.807, 2.05) is 27.7 Å². The predicted octanol–water partition coefficient (Wildman–Crippen LogP) is 2.70. The Morgan fingerprint density at radius 3 is 1.23 bits per heavy atom. The average Bonchev–Trinajstić information content (AvgIpc) is 3.03. The first kappa shape index (κ1) is 47.5. The van der Waals surface area contributed by atoms with E-state index in [2.05, 4.69) is 26.6 Å². The van der Waals surface area contributed by atoms with Gasteiger partial charge in [0.1, 0.15) is 18.1 Å². The van der Waals surface area contributed by atoms with Crippen LogP contribution in [0.4, 0.5) is 4.79 Å². The van der Waals surface area contributed by atoms with Gasteiger partial charge in [0.25, 0.3) is 0 Å². The van der Waals surface area contributed by atoms with Crippen molar-refractivity contribution < 1.29 is 54.0 Å². The third-order valence-corrected chi connectivity index (χ3v) is 6.54. The highest BCUT2D eigenvalue weighted by Crippen LogP contribution is 2.07. The lowest BCUT2D eigenvalue weighted by Crippen LogP contribution is -2.51. The topological polar surface area (TPSA) is 261 Å². The first-order valence-corrected chi connectivity index (χ1v) is 16.5. The van der Waals surface area contributed by atoms with Crippen LogP contribution < -0.4 is 26.6 Å². The number of likely N-dealkylation sites (N-methyl/N-ethyl adjacent to an activating group) is 1. The molecular weight excluding hydrogens is 618 g/mol. The number of hydrogen-bond donors (Lipinski definition) is 9. The molecular formula is C31H59N5O11. The van der Waals surface area contributed by atoms with Gasteiger partial charge in [-0.1, -0.05) is 40.5 Å². The normalized spacial score (nSPS) is 11.9. The number of nitrogens with one attached hydrogen (secondary N) is 5. The molecule has 0 aromatic carbocycles. The van der Waals surface area contributed by atoms with Gasteiger partial charge in [-0.2, -0.15) is 0 Å². The summed E-state index contributed by atoms with van der Waals surface area (Å²) in [5, 5.41) is 48.6. The maximum Gasteiger partial charge on any atom is 0.326 e.